The number of nitrogens with zero attached hydrogens (tertiary/aromatic N) is 4. The second-order valence-electron chi connectivity index (χ2n) is 7.05. The van der Waals surface area contributed by atoms with Crippen molar-refractivity contribution in [3.05, 3.63) is 35.1 Å². The van der Waals surface area contributed by atoms with E-state index in [4.69, 9.17) is 31.2 Å². The summed E-state index contributed by atoms with van der Waals surface area (Å²) in [5, 5.41) is 8.23. The predicted molar refractivity (Wildman–Crippen MR) is 118 cm³/mol. The van der Waals surface area contributed by atoms with E-state index in [1.54, 1.807) is 25.6 Å². The van der Waals surface area contributed by atoms with Crippen LogP contribution in [0, 0.1) is 5.41 Å². The lowest BCUT2D eigenvalue weighted by molar-refractivity contribution is -0.0209. The van der Waals surface area contributed by atoms with Crippen molar-refractivity contribution in [2.45, 2.75) is 12.0 Å². The Bertz CT molecular complexity index is 845. The van der Waals surface area contributed by atoms with Gasteiger partial charge in [-0.2, -0.15) is 0 Å². The number of hydrogen-bond acceptors (Lipinski definition) is 8. The monoisotopic (exact) mass is 433 g/mol. The Balaban J connectivity index is 1.64. The molecule has 1 aliphatic rings. The maximum Gasteiger partial charge on any atom is 0.129 e. The Kier molecular flexibility index (Phi) is 9.10. The van der Waals surface area contributed by atoms with Gasteiger partial charge in [-0.05, 0) is 23.8 Å². The van der Waals surface area contributed by atoms with Crippen LogP contribution < -0.4 is 0 Å². The molecule has 0 saturated carbocycles. The van der Waals surface area contributed by atoms with E-state index in [2.05, 4.69) is 19.9 Å². The maximum absolute atomic E-state index is 7.81. The van der Waals surface area contributed by atoms with Crippen LogP contribution in [-0.2, 0) is 14.2 Å². The first-order valence-electron chi connectivity index (χ1n) is 10.0. The van der Waals surface area contributed by atoms with Crippen LogP contribution in [0.1, 0.15) is 11.5 Å². The molecule has 3 rings (SSSR count). The Labute approximate surface area is 181 Å². The van der Waals surface area contributed by atoms with Gasteiger partial charge < -0.3 is 19.6 Å². The highest BCUT2D eigenvalue weighted by atomic mass is 35.5. The van der Waals surface area contributed by atoms with E-state index in [9.17, 15) is 0 Å². The van der Waals surface area contributed by atoms with Gasteiger partial charge in [0.1, 0.15) is 5.15 Å². The molecule has 1 aliphatic heterocycles. The van der Waals surface area contributed by atoms with E-state index in [0.29, 0.717) is 30.4 Å². The van der Waals surface area contributed by atoms with Crippen molar-refractivity contribution in [2.24, 2.45) is 4.99 Å². The lowest BCUT2D eigenvalue weighted by Gasteiger charge is -2.29. The van der Waals surface area contributed by atoms with Gasteiger partial charge in [-0.1, -0.05) is 11.6 Å². The minimum Gasteiger partial charge on any atom is -0.382 e. The van der Waals surface area contributed by atoms with Crippen molar-refractivity contribution in [2.75, 3.05) is 59.7 Å². The molecule has 0 radical (unpaired) electrons. The van der Waals surface area contributed by atoms with Crippen molar-refractivity contribution in [3.63, 3.8) is 0 Å². The molecule has 1 saturated heterocycles. The van der Waals surface area contributed by atoms with Gasteiger partial charge in [-0.3, -0.25) is 14.9 Å². The van der Waals surface area contributed by atoms with Crippen LogP contribution in [0.3, 0.4) is 0 Å². The summed E-state index contributed by atoms with van der Waals surface area (Å²) in [7, 11) is 1.66. The molecule has 1 fully saturated rings. The molecular weight excluding hydrogens is 406 g/mol. The number of aromatic nitrogens is 2. The number of halogens is 1. The smallest absolute Gasteiger partial charge is 0.129 e. The molecule has 2 aromatic rings. The molecule has 0 bridgehead atoms. The minimum absolute atomic E-state index is 0.0453. The third-order valence-corrected chi connectivity index (χ3v) is 5.08. The van der Waals surface area contributed by atoms with Crippen molar-refractivity contribution < 1.29 is 14.2 Å². The Morgan fingerprint density at radius 1 is 1.30 bits per heavy atom. The maximum atomic E-state index is 7.81. The quantitative estimate of drug-likeness (QED) is 0.332. The molecule has 0 amide bonds. The first kappa shape index (κ1) is 22.7. The van der Waals surface area contributed by atoms with Crippen LogP contribution in [-0.4, -0.2) is 93.1 Å². The zero-order valence-electron chi connectivity index (χ0n) is 17.2. The number of morpholine rings is 1. The number of nitrogens with one attached hydrogen (secondary N) is 1. The van der Waals surface area contributed by atoms with E-state index in [-0.39, 0.29) is 12.0 Å². The summed E-state index contributed by atoms with van der Waals surface area (Å²) >= 11 is 5.99. The second-order valence-corrected chi connectivity index (χ2v) is 7.43. The molecule has 9 heteroatoms. The van der Waals surface area contributed by atoms with Gasteiger partial charge >= 0.3 is 0 Å². The molecule has 30 heavy (non-hydrogen) atoms. The first-order valence-corrected chi connectivity index (χ1v) is 10.4. The number of fused-ring (bicyclic) bond motifs is 1. The number of methoxy groups -OCH3 is 1. The molecule has 2 unspecified atom stereocenters. The molecule has 2 aromatic heterocycles. The SMILES string of the molecule is COCCOC(CN=CC(C=N)c1cnc2ccc(Cl)nc2c1)CN1CCOCC1. The summed E-state index contributed by atoms with van der Waals surface area (Å²) in [5.74, 6) is -0.286. The first-order chi connectivity index (χ1) is 14.7. The summed E-state index contributed by atoms with van der Waals surface area (Å²) < 4.78 is 16.5. The molecule has 0 spiro atoms. The zero-order chi connectivity index (χ0) is 21.2. The molecular formula is C21H28ClN5O3. The van der Waals surface area contributed by atoms with Crippen molar-refractivity contribution in [1.29, 1.82) is 5.41 Å². The predicted octanol–water partition coefficient (Wildman–Crippen LogP) is 2.45. The number of hydrogen-bond donors (Lipinski definition) is 1. The Morgan fingerprint density at radius 2 is 2.13 bits per heavy atom. The van der Waals surface area contributed by atoms with Gasteiger partial charge in [-0.25, -0.2) is 4.98 Å². The second kappa shape index (κ2) is 12.0. The fourth-order valence-corrected chi connectivity index (χ4v) is 3.38. The van der Waals surface area contributed by atoms with Crippen LogP contribution in [0.15, 0.2) is 29.4 Å². The number of pyridine rings is 2. The number of aliphatic imine (C=N–C) groups is 1. The normalized spacial score (nSPS) is 17.4. The van der Waals surface area contributed by atoms with E-state index < -0.39 is 0 Å². The third kappa shape index (κ3) is 6.78. The zero-order valence-corrected chi connectivity index (χ0v) is 17.9. The van der Waals surface area contributed by atoms with Gasteiger partial charge in [0.15, 0.2) is 0 Å². The molecule has 162 valence electrons. The Morgan fingerprint density at radius 3 is 2.90 bits per heavy atom. The third-order valence-electron chi connectivity index (χ3n) is 4.87. The highest BCUT2D eigenvalue weighted by Crippen LogP contribution is 2.18. The number of ether oxygens (including phenoxy) is 3. The fraction of sp³-hybridized carbons (Fsp3) is 0.524. The summed E-state index contributed by atoms with van der Waals surface area (Å²) in [6, 6.07) is 5.44. The highest BCUT2D eigenvalue weighted by molar-refractivity contribution is 6.29. The van der Waals surface area contributed by atoms with Crippen LogP contribution in [0.4, 0.5) is 0 Å². The van der Waals surface area contributed by atoms with Gasteiger partial charge in [-0.15, -0.1) is 0 Å². The van der Waals surface area contributed by atoms with Crippen LogP contribution in [0.2, 0.25) is 5.15 Å². The van der Waals surface area contributed by atoms with E-state index in [1.165, 1.54) is 6.21 Å². The van der Waals surface area contributed by atoms with E-state index in [0.717, 1.165) is 43.9 Å². The lowest BCUT2D eigenvalue weighted by Crippen LogP contribution is -2.42. The standard InChI is InChI=1S/C21H28ClN5O3/c1-28-8-9-30-18(15-27-4-6-29-7-5-27)14-24-12-17(11-23)16-10-20-19(25-13-16)2-3-21(22)26-20/h2-3,10-13,17-18,23H,4-9,14-15H2,1H3. The van der Waals surface area contributed by atoms with Gasteiger partial charge in [0.05, 0.1) is 56.0 Å². The van der Waals surface area contributed by atoms with Crippen molar-refractivity contribution in [1.82, 2.24) is 14.9 Å². The summed E-state index contributed by atoms with van der Waals surface area (Å²) in [6.45, 7) is 5.66. The fourth-order valence-electron chi connectivity index (χ4n) is 3.23. The average Bonchev–Trinajstić information content (AvgIpc) is 2.77. The van der Waals surface area contributed by atoms with Crippen LogP contribution in [0.5, 0.6) is 0 Å². The van der Waals surface area contributed by atoms with Crippen LogP contribution in [0.25, 0.3) is 11.0 Å². The van der Waals surface area contributed by atoms with E-state index in [1.807, 2.05) is 12.1 Å². The summed E-state index contributed by atoms with van der Waals surface area (Å²) in [5.41, 5.74) is 2.32. The van der Waals surface area contributed by atoms with Gasteiger partial charge in [0.2, 0.25) is 0 Å². The Hall–Kier alpha value is -1.97. The van der Waals surface area contributed by atoms with Crippen molar-refractivity contribution >= 4 is 35.1 Å². The molecule has 3 heterocycles. The average molecular weight is 434 g/mol. The summed E-state index contributed by atoms with van der Waals surface area (Å²) in [4.78, 5) is 15.6. The lowest BCUT2D eigenvalue weighted by atomic mass is 10.0. The molecule has 2 atom stereocenters. The van der Waals surface area contributed by atoms with Gasteiger partial charge in [0, 0.05) is 45.4 Å². The number of rotatable bonds is 11. The summed E-state index contributed by atoms with van der Waals surface area (Å²) in [6.07, 6.45) is 4.82. The van der Waals surface area contributed by atoms with Gasteiger partial charge in [0.25, 0.3) is 0 Å². The highest BCUT2D eigenvalue weighted by Gasteiger charge is 2.17. The largest absolute Gasteiger partial charge is 0.382 e. The topological polar surface area (TPSA) is 92.9 Å². The minimum atomic E-state index is -0.286. The molecule has 8 nitrogen and oxygen atoms in total. The van der Waals surface area contributed by atoms with E-state index >= 15 is 0 Å². The van der Waals surface area contributed by atoms with Crippen LogP contribution >= 0.6 is 11.6 Å². The molecule has 0 aromatic carbocycles. The molecule has 1 N–H and O–H groups in total. The molecule has 0 aliphatic carbocycles. The van der Waals surface area contributed by atoms with Crippen molar-refractivity contribution in [3.8, 4) is 0 Å².